The molecule has 1 amide bonds. The maximum atomic E-state index is 11.8. The molecule has 3 N–H and O–H groups in total. The molecule has 1 rings (SSSR count). The van der Waals surface area contributed by atoms with Crippen molar-refractivity contribution in [2.75, 3.05) is 6.54 Å². The first kappa shape index (κ1) is 14.7. The van der Waals surface area contributed by atoms with Crippen LogP contribution in [0.1, 0.15) is 50.0 Å². The van der Waals surface area contributed by atoms with Gasteiger partial charge in [-0.25, -0.2) is 0 Å². The van der Waals surface area contributed by atoms with E-state index in [0.717, 1.165) is 6.42 Å². The maximum Gasteiger partial charge on any atom is 0.251 e. The number of rotatable bonds is 4. The predicted molar refractivity (Wildman–Crippen MR) is 75.7 cm³/mol. The molecule has 0 bridgehead atoms. The van der Waals surface area contributed by atoms with Crippen LogP contribution in [0.15, 0.2) is 24.3 Å². The van der Waals surface area contributed by atoms with Crippen molar-refractivity contribution in [1.82, 2.24) is 5.32 Å². The van der Waals surface area contributed by atoms with E-state index in [1.165, 1.54) is 5.56 Å². The summed E-state index contributed by atoms with van der Waals surface area (Å²) < 4.78 is 0. The number of amides is 1. The van der Waals surface area contributed by atoms with Crippen LogP contribution in [0.2, 0.25) is 0 Å². The van der Waals surface area contributed by atoms with E-state index in [0.29, 0.717) is 12.1 Å². The van der Waals surface area contributed by atoms with Crippen molar-refractivity contribution in [3.05, 3.63) is 35.4 Å². The molecule has 3 nitrogen and oxygen atoms in total. The Bertz CT molecular complexity index is 388. The van der Waals surface area contributed by atoms with E-state index in [-0.39, 0.29) is 17.4 Å². The van der Waals surface area contributed by atoms with E-state index >= 15 is 0 Å². The molecule has 0 aromatic heterocycles. The zero-order valence-corrected chi connectivity index (χ0v) is 11.8. The molecule has 18 heavy (non-hydrogen) atoms. The molecular formula is C15H24N2O. The van der Waals surface area contributed by atoms with Crippen LogP contribution < -0.4 is 11.1 Å². The summed E-state index contributed by atoms with van der Waals surface area (Å²) in [6.45, 7) is 9.03. The Morgan fingerprint density at radius 2 is 1.83 bits per heavy atom. The Morgan fingerprint density at radius 1 is 1.28 bits per heavy atom. The summed E-state index contributed by atoms with van der Waals surface area (Å²) in [5, 5.41) is 2.87. The van der Waals surface area contributed by atoms with Crippen molar-refractivity contribution in [3.63, 3.8) is 0 Å². The van der Waals surface area contributed by atoms with E-state index in [1.807, 2.05) is 31.2 Å². The second kappa shape index (κ2) is 6.01. The number of carbonyl (C=O) groups is 1. The molecule has 100 valence electrons. The quantitative estimate of drug-likeness (QED) is 0.860. The summed E-state index contributed by atoms with van der Waals surface area (Å²) in [5.41, 5.74) is 7.68. The van der Waals surface area contributed by atoms with Crippen LogP contribution in [0.5, 0.6) is 0 Å². The van der Waals surface area contributed by atoms with E-state index < -0.39 is 0 Å². The predicted octanol–water partition coefficient (Wildman–Crippen LogP) is 2.45. The van der Waals surface area contributed by atoms with Crippen LogP contribution in [0, 0.1) is 0 Å². The summed E-state index contributed by atoms with van der Waals surface area (Å²) in [4.78, 5) is 11.8. The Kier molecular flexibility index (Phi) is 4.91. The molecule has 1 aromatic carbocycles. The van der Waals surface area contributed by atoms with Crippen molar-refractivity contribution >= 4 is 5.91 Å². The van der Waals surface area contributed by atoms with Crippen LogP contribution in [0.25, 0.3) is 0 Å². The van der Waals surface area contributed by atoms with Crippen molar-refractivity contribution in [2.24, 2.45) is 5.73 Å². The van der Waals surface area contributed by atoms with Gasteiger partial charge in [0.2, 0.25) is 0 Å². The lowest BCUT2D eigenvalue weighted by Gasteiger charge is -2.19. The third kappa shape index (κ3) is 4.49. The Morgan fingerprint density at radius 3 is 2.28 bits per heavy atom. The molecular weight excluding hydrogens is 224 g/mol. The van der Waals surface area contributed by atoms with Crippen LogP contribution in [-0.4, -0.2) is 18.5 Å². The van der Waals surface area contributed by atoms with Crippen molar-refractivity contribution < 1.29 is 4.79 Å². The lowest BCUT2D eigenvalue weighted by atomic mass is 9.87. The van der Waals surface area contributed by atoms with E-state index in [2.05, 4.69) is 26.1 Å². The molecule has 1 aromatic rings. The number of carbonyl (C=O) groups excluding carboxylic acids is 1. The fourth-order valence-corrected chi connectivity index (χ4v) is 1.64. The van der Waals surface area contributed by atoms with Crippen LogP contribution in [0.3, 0.4) is 0 Å². The molecule has 0 saturated carbocycles. The maximum absolute atomic E-state index is 11.8. The SMILES string of the molecule is CC(N)CCNC(=O)c1ccc(C(C)(C)C)cc1. The van der Waals surface area contributed by atoms with Crippen molar-refractivity contribution in [3.8, 4) is 0 Å². The van der Waals surface area contributed by atoms with E-state index in [1.54, 1.807) is 0 Å². The first-order valence-corrected chi connectivity index (χ1v) is 6.45. The zero-order chi connectivity index (χ0) is 13.8. The molecule has 0 radical (unpaired) electrons. The summed E-state index contributed by atoms with van der Waals surface area (Å²) in [5.74, 6) is -0.0314. The van der Waals surface area contributed by atoms with Gasteiger partial charge in [-0.2, -0.15) is 0 Å². The average Bonchev–Trinajstić information content (AvgIpc) is 2.27. The van der Waals surface area contributed by atoms with E-state index in [9.17, 15) is 4.79 Å². The van der Waals surface area contributed by atoms with E-state index in [4.69, 9.17) is 5.73 Å². The first-order chi connectivity index (χ1) is 8.30. The zero-order valence-electron chi connectivity index (χ0n) is 11.8. The monoisotopic (exact) mass is 248 g/mol. The molecule has 0 fully saturated rings. The molecule has 0 spiro atoms. The van der Waals surface area contributed by atoms with Gasteiger partial charge in [0.1, 0.15) is 0 Å². The fraction of sp³-hybridized carbons (Fsp3) is 0.533. The van der Waals surface area contributed by atoms with Gasteiger partial charge in [-0.1, -0.05) is 32.9 Å². The molecule has 3 heteroatoms. The van der Waals surface area contributed by atoms with Gasteiger partial charge in [-0.15, -0.1) is 0 Å². The highest BCUT2D eigenvalue weighted by atomic mass is 16.1. The molecule has 1 unspecified atom stereocenters. The van der Waals surface area contributed by atoms with Crippen molar-refractivity contribution in [2.45, 2.75) is 45.6 Å². The third-order valence-corrected chi connectivity index (χ3v) is 2.90. The lowest BCUT2D eigenvalue weighted by molar-refractivity contribution is 0.0952. The molecule has 1 atom stereocenters. The van der Waals surface area contributed by atoms with Gasteiger partial charge >= 0.3 is 0 Å². The molecule has 0 aliphatic heterocycles. The van der Waals surface area contributed by atoms with Gasteiger partial charge in [0.15, 0.2) is 0 Å². The first-order valence-electron chi connectivity index (χ1n) is 6.45. The smallest absolute Gasteiger partial charge is 0.251 e. The van der Waals surface area contributed by atoms with Crippen LogP contribution in [0.4, 0.5) is 0 Å². The summed E-state index contributed by atoms with van der Waals surface area (Å²) in [6, 6.07) is 7.90. The number of benzene rings is 1. The minimum atomic E-state index is -0.0314. The van der Waals surface area contributed by atoms with Gasteiger partial charge in [-0.05, 0) is 36.5 Å². The highest BCUT2D eigenvalue weighted by Gasteiger charge is 2.14. The minimum absolute atomic E-state index is 0.0314. The average molecular weight is 248 g/mol. The third-order valence-electron chi connectivity index (χ3n) is 2.90. The minimum Gasteiger partial charge on any atom is -0.352 e. The van der Waals surface area contributed by atoms with Gasteiger partial charge in [0.25, 0.3) is 5.91 Å². The normalized spacial score (nSPS) is 13.2. The fourth-order valence-electron chi connectivity index (χ4n) is 1.64. The van der Waals surface area contributed by atoms with Gasteiger partial charge in [-0.3, -0.25) is 4.79 Å². The van der Waals surface area contributed by atoms with Crippen LogP contribution in [-0.2, 0) is 5.41 Å². The second-order valence-corrected chi connectivity index (χ2v) is 5.85. The summed E-state index contributed by atoms with van der Waals surface area (Å²) >= 11 is 0. The molecule has 0 saturated heterocycles. The topological polar surface area (TPSA) is 55.1 Å². The van der Waals surface area contributed by atoms with Gasteiger partial charge in [0, 0.05) is 18.2 Å². The highest BCUT2D eigenvalue weighted by molar-refractivity contribution is 5.94. The lowest BCUT2D eigenvalue weighted by Crippen LogP contribution is -2.29. The summed E-state index contributed by atoms with van der Waals surface area (Å²) in [6.07, 6.45) is 0.797. The van der Waals surface area contributed by atoms with Gasteiger partial charge < -0.3 is 11.1 Å². The van der Waals surface area contributed by atoms with Crippen LogP contribution >= 0.6 is 0 Å². The molecule has 0 heterocycles. The molecule has 0 aliphatic carbocycles. The Labute approximate surface area is 110 Å². The Balaban J connectivity index is 2.60. The summed E-state index contributed by atoms with van der Waals surface area (Å²) in [7, 11) is 0. The highest BCUT2D eigenvalue weighted by Crippen LogP contribution is 2.22. The Hall–Kier alpha value is -1.35. The second-order valence-electron chi connectivity index (χ2n) is 5.85. The largest absolute Gasteiger partial charge is 0.352 e. The van der Waals surface area contributed by atoms with Crippen molar-refractivity contribution in [1.29, 1.82) is 0 Å². The van der Waals surface area contributed by atoms with Gasteiger partial charge in [0.05, 0.1) is 0 Å². The number of nitrogens with one attached hydrogen (secondary N) is 1. The molecule has 0 aliphatic rings. The number of hydrogen-bond acceptors (Lipinski definition) is 2. The standard InChI is InChI=1S/C15H24N2O/c1-11(16)9-10-17-14(18)12-5-7-13(8-6-12)15(2,3)4/h5-8,11H,9-10,16H2,1-4H3,(H,17,18). The number of hydrogen-bond donors (Lipinski definition) is 2. The number of nitrogens with two attached hydrogens (primary N) is 1.